The van der Waals surface area contributed by atoms with Crippen LogP contribution in [0.25, 0.3) is 0 Å². The summed E-state index contributed by atoms with van der Waals surface area (Å²) in [6.45, 7) is 4.59. The van der Waals surface area contributed by atoms with Gasteiger partial charge in [0, 0.05) is 5.70 Å². The summed E-state index contributed by atoms with van der Waals surface area (Å²) in [6.07, 6.45) is 0. The minimum absolute atomic E-state index is 0.219. The van der Waals surface area contributed by atoms with Crippen LogP contribution in [0.5, 0.6) is 5.75 Å². The van der Waals surface area contributed by atoms with E-state index in [1.807, 2.05) is 68.4 Å². The molecule has 6 heteroatoms. The standard InChI is InChI=1S/C21H22N2O3S/c1-3-25-17-11-9-16(10-12-17)19-18(14(2)22-21(27)23-19)20(24)26-13-15-7-5-4-6-8-15/h4-12,19H,3,13H2,1-2H3,(H2,22,23,27). The molecule has 1 heterocycles. The maximum atomic E-state index is 12.8. The fourth-order valence-electron chi connectivity index (χ4n) is 2.94. The Balaban J connectivity index is 1.81. The number of ether oxygens (including phenoxy) is 2. The van der Waals surface area contributed by atoms with Crippen LogP contribution < -0.4 is 15.4 Å². The second-order valence-corrected chi connectivity index (χ2v) is 6.54. The highest BCUT2D eigenvalue weighted by molar-refractivity contribution is 7.80. The van der Waals surface area contributed by atoms with E-state index in [0.717, 1.165) is 16.9 Å². The van der Waals surface area contributed by atoms with Crippen LogP contribution in [0.4, 0.5) is 0 Å². The first kappa shape index (κ1) is 18.9. The topological polar surface area (TPSA) is 59.6 Å². The molecular formula is C21H22N2O3S. The lowest BCUT2D eigenvalue weighted by atomic mass is 9.95. The molecule has 2 aromatic carbocycles. The Morgan fingerprint density at radius 1 is 1.11 bits per heavy atom. The first-order chi connectivity index (χ1) is 13.1. The van der Waals surface area contributed by atoms with Crippen LogP contribution >= 0.6 is 12.2 Å². The van der Waals surface area contributed by atoms with E-state index in [1.54, 1.807) is 0 Å². The highest BCUT2D eigenvalue weighted by Gasteiger charge is 2.31. The Morgan fingerprint density at radius 2 is 1.81 bits per heavy atom. The van der Waals surface area contributed by atoms with Crippen molar-refractivity contribution in [3.8, 4) is 5.75 Å². The molecule has 2 aromatic rings. The van der Waals surface area contributed by atoms with Gasteiger partial charge in [0.1, 0.15) is 12.4 Å². The van der Waals surface area contributed by atoms with Crippen molar-refractivity contribution in [3.05, 3.63) is 77.0 Å². The van der Waals surface area contributed by atoms with Crippen molar-refractivity contribution in [2.75, 3.05) is 6.61 Å². The number of hydrogen-bond donors (Lipinski definition) is 2. The number of carbonyl (C=O) groups is 1. The molecule has 1 aliphatic rings. The minimum atomic E-state index is -0.377. The second-order valence-electron chi connectivity index (χ2n) is 6.13. The molecule has 0 fully saturated rings. The van der Waals surface area contributed by atoms with E-state index in [2.05, 4.69) is 10.6 Å². The number of thiocarbonyl (C=S) groups is 1. The summed E-state index contributed by atoms with van der Waals surface area (Å²) in [5.74, 6) is 0.407. The van der Waals surface area contributed by atoms with Crippen molar-refractivity contribution in [3.63, 3.8) is 0 Å². The normalized spacial score (nSPS) is 16.4. The Morgan fingerprint density at radius 3 is 2.48 bits per heavy atom. The molecule has 3 rings (SSSR count). The van der Waals surface area contributed by atoms with Crippen LogP contribution in [0.2, 0.25) is 0 Å². The van der Waals surface area contributed by atoms with Crippen LogP contribution in [0, 0.1) is 0 Å². The molecule has 5 nitrogen and oxygen atoms in total. The highest BCUT2D eigenvalue weighted by Crippen LogP contribution is 2.29. The fourth-order valence-corrected chi connectivity index (χ4v) is 3.21. The molecule has 1 unspecified atom stereocenters. The van der Waals surface area contributed by atoms with Crippen molar-refractivity contribution in [1.82, 2.24) is 10.6 Å². The summed E-state index contributed by atoms with van der Waals surface area (Å²) < 4.78 is 11.0. The molecule has 0 saturated heterocycles. The fraction of sp³-hybridized carbons (Fsp3) is 0.238. The van der Waals surface area contributed by atoms with Crippen LogP contribution in [0.3, 0.4) is 0 Å². The molecule has 0 amide bonds. The summed E-state index contributed by atoms with van der Waals surface area (Å²) in [5, 5.41) is 6.66. The van der Waals surface area contributed by atoms with Crippen molar-refractivity contribution in [2.45, 2.75) is 26.5 Å². The lowest BCUT2D eigenvalue weighted by Crippen LogP contribution is -2.45. The van der Waals surface area contributed by atoms with Gasteiger partial charge in [0.15, 0.2) is 5.11 Å². The van der Waals surface area contributed by atoms with Gasteiger partial charge in [-0.2, -0.15) is 0 Å². The number of allylic oxidation sites excluding steroid dienone is 1. The van der Waals surface area contributed by atoms with Gasteiger partial charge in [-0.05, 0) is 49.3 Å². The number of hydrogen-bond acceptors (Lipinski definition) is 4. The van der Waals surface area contributed by atoms with Crippen molar-refractivity contribution in [1.29, 1.82) is 0 Å². The molecule has 1 aliphatic heterocycles. The Hall–Kier alpha value is -2.86. The third-order valence-electron chi connectivity index (χ3n) is 4.23. The van der Waals surface area contributed by atoms with Gasteiger partial charge >= 0.3 is 5.97 Å². The lowest BCUT2D eigenvalue weighted by Gasteiger charge is -2.30. The molecule has 0 spiro atoms. The van der Waals surface area contributed by atoms with Gasteiger partial charge in [0.05, 0.1) is 18.2 Å². The second kappa shape index (κ2) is 8.68. The van der Waals surface area contributed by atoms with Gasteiger partial charge in [0.2, 0.25) is 0 Å². The number of esters is 1. The van der Waals surface area contributed by atoms with E-state index >= 15 is 0 Å². The smallest absolute Gasteiger partial charge is 0.338 e. The average Bonchev–Trinajstić information content (AvgIpc) is 2.67. The molecule has 0 saturated carbocycles. The Bertz CT molecular complexity index is 847. The zero-order chi connectivity index (χ0) is 19.2. The largest absolute Gasteiger partial charge is 0.494 e. The van der Waals surface area contributed by atoms with Gasteiger partial charge in [-0.25, -0.2) is 4.79 Å². The van der Waals surface area contributed by atoms with E-state index in [4.69, 9.17) is 21.7 Å². The lowest BCUT2D eigenvalue weighted by molar-refractivity contribution is -0.140. The van der Waals surface area contributed by atoms with Crippen molar-refractivity contribution in [2.24, 2.45) is 0 Å². The Kier molecular flexibility index (Phi) is 6.08. The van der Waals surface area contributed by atoms with E-state index in [0.29, 0.717) is 23.0 Å². The molecule has 2 N–H and O–H groups in total. The number of carbonyl (C=O) groups excluding carboxylic acids is 1. The van der Waals surface area contributed by atoms with Crippen LogP contribution in [-0.4, -0.2) is 17.7 Å². The van der Waals surface area contributed by atoms with Gasteiger partial charge < -0.3 is 20.1 Å². The van der Waals surface area contributed by atoms with Crippen molar-refractivity contribution < 1.29 is 14.3 Å². The monoisotopic (exact) mass is 382 g/mol. The van der Waals surface area contributed by atoms with Gasteiger partial charge in [0.25, 0.3) is 0 Å². The molecular weight excluding hydrogens is 360 g/mol. The predicted octanol–water partition coefficient (Wildman–Crippen LogP) is 3.62. The highest BCUT2D eigenvalue weighted by atomic mass is 32.1. The van der Waals surface area contributed by atoms with Crippen LogP contribution in [0.1, 0.15) is 31.0 Å². The maximum absolute atomic E-state index is 12.8. The molecule has 0 aliphatic carbocycles. The van der Waals surface area contributed by atoms with Gasteiger partial charge in [-0.15, -0.1) is 0 Å². The molecule has 0 radical (unpaired) electrons. The summed E-state index contributed by atoms with van der Waals surface area (Å²) in [7, 11) is 0. The molecule has 0 bridgehead atoms. The summed E-state index contributed by atoms with van der Waals surface area (Å²) in [4.78, 5) is 12.8. The van der Waals surface area contributed by atoms with E-state index in [9.17, 15) is 4.79 Å². The molecule has 140 valence electrons. The third-order valence-corrected chi connectivity index (χ3v) is 4.45. The third kappa shape index (κ3) is 4.65. The Labute approximate surface area is 164 Å². The van der Waals surface area contributed by atoms with E-state index < -0.39 is 0 Å². The number of benzene rings is 2. The molecule has 0 aromatic heterocycles. The number of nitrogens with one attached hydrogen (secondary N) is 2. The van der Waals surface area contributed by atoms with Gasteiger partial charge in [-0.1, -0.05) is 42.5 Å². The summed E-state index contributed by atoms with van der Waals surface area (Å²) in [5.41, 5.74) is 3.06. The van der Waals surface area contributed by atoms with E-state index in [-0.39, 0.29) is 18.6 Å². The van der Waals surface area contributed by atoms with Crippen LogP contribution in [0.15, 0.2) is 65.9 Å². The molecule has 27 heavy (non-hydrogen) atoms. The summed E-state index contributed by atoms with van der Waals surface area (Å²) >= 11 is 5.27. The number of rotatable bonds is 6. The van der Waals surface area contributed by atoms with E-state index in [1.165, 1.54) is 0 Å². The quantitative estimate of drug-likeness (QED) is 0.588. The SMILES string of the molecule is CCOc1ccc(C2NC(=S)NC(C)=C2C(=O)OCc2ccccc2)cc1. The first-order valence-corrected chi connectivity index (χ1v) is 9.21. The average molecular weight is 382 g/mol. The van der Waals surface area contributed by atoms with Crippen LogP contribution in [-0.2, 0) is 16.1 Å². The predicted molar refractivity (Wildman–Crippen MR) is 108 cm³/mol. The zero-order valence-corrected chi connectivity index (χ0v) is 16.1. The molecule has 1 atom stereocenters. The first-order valence-electron chi connectivity index (χ1n) is 8.80. The zero-order valence-electron chi connectivity index (χ0n) is 15.3. The summed E-state index contributed by atoms with van der Waals surface area (Å²) in [6, 6.07) is 16.8. The van der Waals surface area contributed by atoms with Crippen molar-refractivity contribution >= 4 is 23.3 Å². The van der Waals surface area contributed by atoms with Gasteiger partial charge in [-0.3, -0.25) is 0 Å². The minimum Gasteiger partial charge on any atom is -0.494 e. The maximum Gasteiger partial charge on any atom is 0.338 e.